The monoisotopic (exact) mass is 223 g/mol. The van der Waals surface area contributed by atoms with E-state index in [0.717, 1.165) is 0 Å². The summed E-state index contributed by atoms with van der Waals surface area (Å²) in [4.78, 5) is 10.6. The molecule has 0 aliphatic heterocycles. The van der Waals surface area contributed by atoms with Gasteiger partial charge in [-0.3, -0.25) is 0 Å². The summed E-state index contributed by atoms with van der Waals surface area (Å²) in [6.45, 7) is -0.0402. The molecule has 2 heterocycles. The summed E-state index contributed by atoms with van der Waals surface area (Å²) >= 11 is 0. The first-order chi connectivity index (χ1) is 7.65. The topological polar surface area (TPSA) is 134 Å². The maximum absolute atomic E-state index is 9.84. The Morgan fingerprint density at radius 2 is 2.12 bits per heavy atom. The minimum Gasteiger partial charge on any atom is -0.389 e. The quantitative estimate of drug-likeness (QED) is 0.448. The number of hydrogen-bond acceptors (Lipinski definition) is 6. The van der Waals surface area contributed by atoms with Crippen LogP contribution >= 0.6 is 0 Å². The summed E-state index contributed by atoms with van der Waals surface area (Å²) in [5.74, 6) is 0.254. The molecule has 7 nitrogen and oxygen atoms in total. The van der Waals surface area contributed by atoms with Gasteiger partial charge in [0.05, 0.1) is 11.5 Å². The van der Waals surface area contributed by atoms with E-state index in [9.17, 15) is 10.2 Å². The lowest BCUT2D eigenvalue weighted by molar-refractivity contribution is 0.0252. The second kappa shape index (κ2) is 4.05. The molecule has 2 unspecified atom stereocenters. The maximum Gasteiger partial charge on any atom is 0.143 e. The lowest BCUT2D eigenvalue weighted by atomic mass is 10.1. The first kappa shape index (κ1) is 10.8. The molecule has 0 bridgehead atoms. The van der Waals surface area contributed by atoms with Crippen molar-refractivity contribution in [2.75, 3.05) is 12.3 Å². The number of aromatic amines is 1. The molecule has 16 heavy (non-hydrogen) atoms. The van der Waals surface area contributed by atoms with Crippen molar-refractivity contribution in [1.82, 2.24) is 15.0 Å². The largest absolute Gasteiger partial charge is 0.389 e. The number of nitrogens with zero attached hydrogens (tertiary/aromatic N) is 2. The number of aliphatic hydroxyl groups is 2. The summed E-state index contributed by atoms with van der Waals surface area (Å²) in [7, 11) is 0. The van der Waals surface area contributed by atoms with Gasteiger partial charge in [-0.1, -0.05) is 0 Å². The lowest BCUT2D eigenvalue weighted by Gasteiger charge is -2.15. The van der Waals surface area contributed by atoms with E-state index in [1.54, 1.807) is 6.20 Å². The summed E-state index contributed by atoms with van der Waals surface area (Å²) in [5, 5.41) is 19.8. The molecule has 0 aliphatic rings. The average molecular weight is 223 g/mol. The van der Waals surface area contributed by atoms with Crippen molar-refractivity contribution in [2.45, 2.75) is 12.2 Å². The van der Waals surface area contributed by atoms with Crippen molar-refractivity contribution in [3.8, 4) is 0 Å². The third kappa shape index (κ3) is 1.60. The lowest BCUT2D eigenvalue weighted by Crippen LogP contribution is -2.27. The second-order valence-corrected chi connectivity index (χ2v) is 3.47. The van der Waals surface area contributed by atoms with Crippen LogP contribution in [-0.2, 0) is 0 Å². The highest BCUT2D eigenvalue weighted by atomic mass is 16.3. The Kier molecular flexibility index (Phi) is 2.73. The van der Waals surface area contributed by atoms with Crippen molar-refractivity contribution in [3.05, 3.63) is 18.1 Å². The van der Waals surface area contributed by atoms with Crippen LogP contribution in [0.4, 0.5) is 5.82 Å². The molecule has 0 fully saturated rings. The SMILES string of the molecule is NCC(O)C(O)c1c[nH]c2ncnc(N)c12. The zero-order valence-electron chi connectivity index (χ0n) is 8.46. The molecule has 0 spiro atoms. The fourth-order valence-corrected chi connectivity index (χ4v) is 1.58. The molecular formula is C9H13N5O2. The van der Waals surface area contributed by atoms with Gasteiger partial charge in [0.25, 0.3) is 0 Å². The Labute approximate surface area is 91.1 Å². The van der Waals surface area contributed by atoms with Gasteiger partial charge in [0.15, 0.2) is 0 Å². The molecule has 86 valence electrons. The number of aromatic nitrogens is 3. The van der Waals surface area contributed by atoms with Gasteiger partial charge in [0.2, 0.25) is 0 Å². The highest BCUT2D eigenvalue weighted by molar-refractivity contribution is 5.89. The summed E-state index contributed by atoms with van der Waals surface area (Å²) in [6, 6.07) is 0. The minimum absolute atomic E-state index is 0.0402. The van der Waals surface area contributed by atoms with Crippen LogP contribution in [0.5, 0.6) is 0 Å². The molecule has 0 aromatic carbocycles. The van der Waals surface area contributed by atoms with Gasteiger partial charge >= 0.3 is 0 Å². The molecule has 0 aliphatic carbocycles. The Hall–Kier alpha value is -1.70. The Morgan fingerprint density at radius 1 is 1.38 bits per heavy atom. The van der Waals surface area contributed by atoms with Crippen LogP contribution < -0.4 is 11.5 Å². The molecule has 0 amide bonds. The predicted octanol–water partition coefficient (Wildman–Crippen LogP) is -1.11. The first-order valence-electron chi connectivity index (χ1n) is 4.78. The van der Waals surface area contributed by atoms with E-state index in [2.05, 4.69) is 15.0 Å². The van der Waals surface area contributed by atoms with Crippen LogP contribution in [0, 0.1) is 0 Å². The van der Waals surface area contributed by atoms with Gasteiger partial charge < -0.3 is 26.7 Å². The number of fused-ring (bicyclic) bond motifs is 1. The number of nitrogen functional groups attached to an aromatic ring is 1. The molecule has 0 radical (unpaired) electrons. The molecule has 7 N–H and O–H groups in total. The average Bonchev–Trinajstić information content (AvgIpc) is 2.72. The van der Waals surface area contributed by atoms with E-state index in [1.165, 1.54) is 6.33 Å². The smallest absolute Gasteiger partial charge is 0.143 e. The highest BCUT2D eigenvalue weighted by Crippen LogP contribution is 2.27. The first-order valence-corrected chi connectivity index (χ1v) is 4.78. The van der Waals surface area contributed by atoms with Crippen LogP contribution in [-0.4, -0.2) is 37.8 Å². The van der Waals surface area contributed by atoms with Crippen molar-refractivity contribution in [3.63, 3.8) is 0 Å². The fraction of sp³-hybridized carbons (Fsp3) is 0.333. The zero-order chi connectivity index (χ0) is 11.7. The number of H-pyrrole nitrogens is 1. The molecule has 0 saturated carbocycles. The molecule has 2 aromatic heterocycles. The molecule has 7 heteroatoms. The van der Waals surface area contributed by atoms with Crippen LogP contribution in [0.25, 0.3) is 11.0 Å². The molecule has 2 atom stereocenters. The third-order valence-electron chi connectivity index (χ3n) is 2.45. The maximum atomic E-state index is 9.84. The van der Waals surface area contributed by atoms with E-state index in [1.807, 2.05) is 0 Å². The molecular weight excluding hydrogens is 210 g/mol. The molecule has 2 rings (SSSR count). The van der Waals surface area contributed by atoms with Crippen molar-refractivity contribution in [2.24, 2.45) is 5.73 Å². The van der Waals surface area contributed by atoms with Gasteiger partial charge in [-0.05, 0) is 0 Å². The third-order valence-corrected chi connectivity index (χ3v) is 2.45. The van der Waals surface area contributed by atoms with Crippen molar-refractivity contribution in [1.29, 1.82) is 0 Å². The van der Waals surface area contributed by atoms with Gasteiger partial charge in [0.1, 0.15) is 23.9 Å². The minimum atomic E-state index is -1.10. The summed E-state index contributed by atoms with van der Waals surface area (Å²) in [6.07, 6.45) is 0.716. The summed E-state index contributed by atoms with van der Waals surface area (Å²) in [5.41, 5.74) is 11.9. The second-order valence-electron chi connectivity index (χ2n) is 3.47. The Bertz CT molecular complexity index is 498. The number of aliphatic hydroxyl groups excluding tert-OH is 2. The van der Waals surface area contributed by atoms with Gasteiger partial charge in [-0.25, -0.2) is 9.97 Å². The number of nitrogens with two attached hydrogens (primary N) is 2. The standard InChI is InChI=1S/C9H13N5O2/c10-1-5(15)7(16)4-2-12-9-6(4)8(11)13-3-14-9/h2-3,5,7,15-16H,1,10H2,(H3,11,12,13,14). The van der Waals surface area contributed by atoms with Crippen molar-refractivity contribution < 1.29 is 10.2 Å². The van der Waals surface area contributed by atoms with Crippen LogP contribution in [0.2, 0.25) is 0 Å². The molecule has 0 saturated heterocycles. The number of anilines is 1. The van der Waals surface area contributed by atoms with Crippen LogP contribution in [0.3, 0.4) is 0 Å². The predicted molar refractivity (Wildman–Crippen MR) is 58.3 cm³/mol. The van der Waals surface area contributed by atoms with Crippen LogP contribution in [0.1, 0.15) is 11.7 Å². The van der Waals surface area contributed by atoms with E-state index < -0.39 is 12.2 Å². The van der Waals surface area contributed by atoms with Crippen molar-refractivity contribution >= 4 is 16.9 Å². The van der Waals surface area contributed by atoms with Gasteiger partial charge in [0, 0.05) is 18.3 Å². The van der Waals surface area contributed by atoms with Gasteiger partial charge in [-0.15, -0.1) is 0 Å². The van der Waals surface area contributed by atoms with E-state index in [-0.39, 0.29) is 12.4 Å². The van der Waals surface area contributed by atoms with Gasteiger partial charge in [-0.2, -0.15) is 0 Å². The number of hydrogen-bond donors (Lipinski definition) is 5. The molecule has 2 aromatic rings. The van der Waals surface area contributed by atoms with E-state index in [0.29, 0.717) is 16.6 Å². The fourth-order valence-electron chi connectivity index (χ4n) is 1.58. The zero-order valence-corrected chi connectivity index (χ0v) is 8.46. The van der Waals surface area contributed by atoms with E-state index in [4.69, 9.17) is 11.5 Å². The number of nitrogens with one attached hydrogen (secondary N) is 1. The Balaban J connectivity index is 2.53. The Morgan fingerprint density at radius 3 is 2.81 bits per heavy atom. The van der Waals surface area contributed by atoms with Crippen LogP contribution in [0.15, 0.2) is 12.5 Å². The number of rotatable bonds is 3. The van der Waals surface area contributed by atoms with E-state index >= 15 is 0 Å². The normalized spacial score (nSPS) is 15.2. The summed E-state index contributed by atoms with van der Waals surface area (Å²) < 4.78 is 0. The highest BCUT2D eigenvalue weighted by Gasteiger charge is 2.22.